The molecule has 1 unspecified atom stereocenters. The topological polar surface area (TPSA) is 44.1 Å². The highest BCUT2D eigenvalue weighted by Gasteiger charge is 2.19. The standard InChI is InChI=1S/C13H14N2O2/c1-10(17-2)13(16)12-8-9-14-15(12)11-6-4-3-5-7-11/h3-10H,1-2H3. The van der Waals surface area contributed by atoms with E-state index in [0.717, 1.165) is 5.69 Å². The Labute approximate surface area is 99.8 Å². The van der Waals surface area contributed by atoms with Gasteiger partial charge in [0.1, 0.15) is 11.8 Å². The van der Waals surface area contributed by atoms with Gasteiger partial charge in [0.15, 0.2) is 0 Å². The van der Waals surface area contributed by atoms with Gasteiger partial charge in [-0.25, -0.2) is 4.68 Å². The van der Waals surface area contributed by atoms with Crippen molar-refractivity contribution in [3.63, 3.8) is 0 Å². The van der Waals surface area contributed by atoms with Gasteiger partial charge < -0.3 is 4.74 Å². The van der Waals surface area contributed by atoms with E-state index in [4.69, 9.17) is 4.74 Å². The molecule has 88 valence electrons. The van der Waals surface area contributed by atoms with Crippen molar-refractivity contribution in [3.8, 4) is 5.69 Å². The highest BCUT2D eigenvalue weighted by Crippen LogP contribution is 2.12. The molecule has 1 heterocycles. The fourth-order valence-electron chi connectivity index (χ4n) is 1.58. The first kappa shape index (κ1) is 11.5. The summed E-state index contributed by atoms with van der Waals surface area (Å²) in [5, 5.41) is 4.16. The number of para-hydroxylation sites is 1. The summed E-state index contributed by atoms with van der Waals surface area (Å²) >= 11 is 0. The summed E-state index contributed by atoms with van der Waals surface area (Å²) < 4.78 is 6.66. The van der Waals surface area contributed by atoms with Gasteiger partial charge in [-0.2, -0.15) is 5.10 Å². The van der Waals surface area contributed by atoms with Gasteiger partial charge in [-0.05, 0) is 25.1 Å². The molecule has 0 aliphatic heterocycles. The fraction of sp³-hybridized carbons (Fsp3) is 0.231. The Morgan fingerprint density at radius 2 is 2.00 bits per heavy atom. The third kappa shape index (κ3) is 2.26. The van der Waals surface area contributed by atoms with Crippen LogP contribution in [0.2, 0.25) is 0 Å². The molecule has 1 aromatic carbocycles. The maximum atomic E-state index is 12.0. The Bertz CT molecular complexity index is 505. The van der Waals surface area contributed by atoms with Crippen LogP contribution in [0.1, 0.15) is 17.4 Å². The molecule has 0 saturated carbocycles. The molecule has 2 rings (SSSR count). The number of carbonyl (C=O) groups excluding carboxylic acids is 1. The van der Waals surface area contributed by atoms with Crippen molar-refractivity contribution in [2.75, 3.05) is 7.11 Å². The van der Waals surface area contributed by atoms with Crippen LogP contribution in [0.5, 0.6) is 0 Å². The lowest BCUT2D eigenvalue weighted by molar-refractivity contribution is 0.0647. The molecule has 2 aromatic rings. The first-order chi connectivity index (χ1) is 8.24. The number of ether oxygens (including phenoxy) is 1. The lowest BCUT2D eigenvalue weighted by Gasteiger charge is -2.10. The van der Waals surface area contributed by atoms with Crippen LogP contribution in [-0.4, -0.2) is 28.8 Å². The average Bonchev–Trinajstić information content (AvgIpc) is 2.87. The number of ketones is 1. The summed E-state index contributed by atoms with van der Waals surface area (Å²) in [4.78, 5) is 12.0. The summed E-state index contributed by atoms with van der Waals surface area (Å²) in [6.07, 6.45) is 1.15. The van der Waals surface area contributed by atoms with Gasteiger partial charge in [0.25, 0.3) is 0 Å². The molecule has 4 heteroatoms. The minimum Gasteiger partial charge on any atom is -0.374 e. The molecule has 1 aromatic heterocycles. The van der Waals surface area contributed by atoms with E-state index in [-0.39, 0.29) is 5.78 Å². The average molecular weight is 230 g/mol. The summed E-state index contributed by atoms with van der Waals surface area (Å²) in [6, 6.07) is 11.2. The number of Topliss-reactive ketones (excluding diaryl/α,β-unsaturated/α-hetero) is 1. The van der Waals surface area contributed by atoms with E-state index in [1.807, 2.05) is 30.3 Å². The molecule has 0 aliphatic carbocycles. The van der Waals surface area contributed by atoms with Crippen LogP contribution in [0.25, 0.3) is 5.69 Å². The molecule has 0 radical (unpaired) electrons. The van der Waals surface area contributed by atoms with E-state index in [1.54, 1.807) is 23.9 Å². The lowest BCUT2D eigenvalue weighted by atomic mass is 10.2. The predicted octanol–water partition coefficient (Wildman–Crippen LogP) is 2.09. The second kappa shape index (κ2) is 4.93. The molecule has 0 aliphatic rings. The zero-order valence-electron chi connectivity index (χ0n) is 9.83. The predicted molar refractivity (Wildman–Crippen MR) is 64.4 cm³/mol. The molecule has 0 fully saturated rings. The Kier molecular flexibility index (Phi) is 3.35. The van der Waals surface area contributed by atoms with Crippen LogP contribution in [0.4, 0.5) is 0 Å². The Hall–Kier alpha value is -1.94. The lowest BCUT2D eigenvalue weighted by Crippen LogP contribution is -2.22. The molecule has 0 saturated heterocycles. The minimum atomic E-state index is -0.464. The highest BCUT2D eigenvalue weighted by molar-refractivity contribution is 5.98. The number of nitrogens with zero attached hydrogens (tertiary/aromatic N) is 2. The van der Waals surface area contributed by atoms with Gasteiger partial charge in [0.2, 0.25) is 5.78 Å². The summed E-state index contributed by atoms with van der Waals surface area (Å²) in [5.41, 5.74) is 1.40. The number of aromatic nitrogens is 2. The minimum absolute atomic E-state index is 0.0751. The van der Waals surface area contributed by atoms with Crippen molar-refractivity contribution < 1.29 is 9.53 Å². The van der Waals surface area contributed by atoms with Gasteiger partial charge >= 0.3 is 0 Å². The van der Waals surface area contributed by atoms with E-state index in [1.165, 1.54) is 7.11 Å². The van der Waals surface area contributed by atoms with Gasteiger partial charge in [0, 0.05) is 7.11 Å². The van der Waals surface area contributed by atoms with Crippen molar-refractivity contribution >= 4 is 5.78 Å². The smallest absolute Gasteiger partial charge is 0.209 e. The zero-order chi connectivity index (χ0) is 12.3. The van der Waals surface area contributed by atoms with Crippen molar-refractivity contribution in [3.05, 3.63) is 48.3 Å². The number of rotatable bonds is 4. The van der Waals surface area contributed by atoms with Crippen molar-refractivity contribution in [2.45, 2.75) is 13.0 Å². The summed E-state index contributed by atoms with van der Waals surface area (Å²) in [6.45, 7) is 1.73. The van der Waals surface area contributed by atoms with Gasteiger partial charge in [-0.15, -0.1) is 0 Å². The number of methoxy groups -OCH3 is 1. The molecule has 0 N–H and O–H groups in total. The molecular weight excluding hydrogens is 216 g/mol. The van der Waals surface area contributed by atoms with Gasteiger partial charge in [-0.1, -0.05) is 18.2 Å². The van der Waals surface area contributed by atoms with Crippen LogP contribution in [-0.2, 0) is 4.74 Å². The van der Waals surface area contributed by atoms with E-state index in [2.05, 4.69) is 5.10 Å². The van der Waals surface area contributed by atoms with Crippen molar-refractivity contribution in [1.29, 1.82) is 0 Å². The molecule has 17 heavy (non-hydrogen) atoms. The summed E-state index contributed by atoms with van der Waals surface area (Å²) in [5.74, 6) is -0.0751. The number of carbonyl (C=O) groups is 1. The number of benzene rings is 1. The number of hydrogen-bond acceptors (Lipinski definition) is 3. The van der Waals surface area contributed by atoms with Crippen LogP contribution in [0.15, 0.2) is 42.6 Å². The highest BCUT2D eigenvalue weighted by atomic mass is 16.5. The van der Waals surface area contributed by atoms with E-state index >= 15 is 0 Å². The van der Waals surface area contributed by atoms with E-state index in [0.29, 0.717) is 5.69 Å². The quantitative estimate of drug-likeness (QED) is 0.755. The molecular formula is C13H14N2O2. The van der Waals surface area contributed by atoms with Gasteiger partial charge in [0.05, 0.1) is 11.9 Å². The van der Waals surface area contributed by atoms with Crippen LogP contribution in [0.3, 0.4) is 0 Å². The first-order valence-electron chi connectivity index (χ1n) is 5.40. The Morgan fingerprint density at radius 3 is 2.65 bits per heavy atom. The normalized spacial score (nSPS) is 12.4. The second-order valence-corrected chi connectivity index (χ2v) is 3.71. The van der Waals surface area contributed by atoms with Crippen LogP contribution < -0.4 is 0 Å². The fourth-order valence-corrected chi connectivity index (χ4v) is 1.58. The Morgan fingerprint density at radius 1 is 1.29 bits per heavy atom. The van der Waals surface area contributed by atoms with Crippen molar-refractivity contribution in [2.24, 2.45) is 0 Å². The van der Waals surface area contributed by atoms with E-state index in [9.17, 15) is 4.79 Å². The SMILES string of the molecule is COC(C)C(=O)c1ccnn1-c1ccccc1. The maximum absolute atomic E-state index is 12.0. The second-order valence-electron chi connectivity index (χ2n) is 3.71. The Balaban J connectivity index is 2.39. The first-order valence-corrected chi connectivity index (χ1v) is 5.40. The van der Waals surface area contributed by atoms with Gasteiger partial charge in [-0.3, -0.25) is 4.79 Å². The zero-order valence-corrected chi connectivity index (χ0v) is 9.83. The third-order valence-electron chi connectivity index (χ3n) is 2.62. The number of hydrogen-bond donors (Lipinski definition) is 0. The maximum Gasteiger partial charge on any atom is 0.209 e. The molecule has 0 spiro atoms. The third-order valence-corrected chi connectivity index (χ3v) is 2.62. The van der Waals surface area contributed by atoms with E-state index < -0.39 is 6.10 Å². The molecule has 0 bridgehead atoms. The molecule has 1 atom stereocenters. The van der Waals surface area contributed by atoms with Crippen LogP contribution >= 0.6 is 0 Å². The summed E-state index contributed by atoms with van der Waals surface area (Å²) in [7, 11) is 1.52. The largest absolute Gasteiger partial charge is 0.374 e. The van der Waals surface area contributed by atoms with Crippen LogP contribution in [0, 0.1) is 0 Å². The molecule has 0 amide bonds. The molecule has 4 nitrogen and oxygen atoms in total. The monoisotopic (exact) mass is 230 g/mol. The van der Waals surface area contributed by atoms with Crippen molar-refractivity contribution in [1.82, 2.24) is 9.78 Å².